The Labute approximate surface area is 147 Å². The van der Waals surface area contributed by atoms with Gasteiger partial charge in [0.2, 0.25) is 0 Å². The number of hydrogen-bond donors (Lipinski definition) is 1. The van der Waals surface area contributed by atoms with Crippen molar-refractivity contribution in [3.05, 3.63) is 35.3 Å². The predicted molar refractivity (Wildman–Crippen MR) is 96.8 cm³/mol. The van der Waals surface area contributed by atoms with Gasteiger partial charge in [-0.05, 0) is 37.1 Å². The Kier molecular flexibility index (Phi) is 7.71. The van der Waals surface area contributed by atoms with E-state index < -0.39 is 0 Å². The summed E-state index contributed by atoms with van der Waals surface area (Å²) in [5.41, 5.74) is 1.43. The van der Waals surface area contributed by atoms with Crippen molar-refractivity contribution in [2.45, 2.75) is 26.2 Å². The number of hydrogen-bond acceptors (Lipinski definition) is 5. The van der Waals surface area contributed by atoms with Crippen LogP contribution in [0, 0.1) is 0 Å². The van der Waals surface area contributed by atoms with E-state index in [0.29, 0.717) is 18.8 Å². The molecule has 0 atom stereocenters. The number of methoxy groups -OCH3 is 1. The van der Waals surface area contributed by atoms with Crippen LogP contribution < -0.4 is 10.1 Å². The SMILES string of the molecule is CCCCOCCCNC(=O)c1csc(-c2ccc(OC)cc2)n1. The van der Waals surface area contributed by atoms with E-state index >= 15 is 0 Å². The number of nitrogens with zero attached hydrogens (tertiary/aromatic N) is 1. The van der Waals surface area contributed by atoms with Gasteiger partial charge < -0.3 is 14.8 Å². The first-order chi connectivity index (χ1) is 11.7. The van der Waals surface area contributed by atoms with E-state index in [2.05, 4.69) is 17.2 Å². The molecule has 6 heteroatoms. The first kappa shape index (κ1) is 18.4. The van der Waals surface area contributed by atoms with Gasteiger partial charge in [-0.15, -0.1) is 11.3 Å². The zero-order valence-corrected chi connectivity index (χ0v) is 15.0. The number of ether oxygens (including phenoxy) is 2. The van der Waals surface area contributed by atoms with E-state index in [1.165, 1.54) is 11.3 Å². The molecule has 24 heavy (non-hydrogen) atoms. The number of benzene rings is 1. The number of nitrogens with one attached hydrogen (secondary N) is 1. The summed E-state index contributed by atoms with van der Waals surface area (Å²) in [7, 11) is 1.63. The van der Waals surface area contributed by atoms with Crippen LogP contribution in [0.4, 0.5) is 0 Å². The molecule has 0 radical (unpaired) electrons. The molecule has 2 aromatic rings. The maximum atomic E-state index is 12.1. The molecule has 1 heterocycles. The smallest absolute Gasteiger partial charge is 0.270 e. The molecule has 0 fully saturated rings. The predicted octanol–water partition coefficient (Wildman–Crippen LogP) is 3.76. The molecule has 0 spiro atoms. The Morgan fingerprint density at radius 1 is 1.21 bits per heavy atom. The number of carbonyl (C=O) groups excluding carboxylic acids is 1. The molecular formula is C18H24N2O3S. The number of carbonyl (C=O) groups is 1. The second-order valence-corrected chi connectivity index (χ2v) is 6.20. The first-order valence-corrected chi connectivity index (χ1v) is 9.08. The van der Waals surface area contributed by atoms with Crippen molar-refractivity contribution in [3.8, 4) is 16.3 Å². The zero-order chi connectivity index (χ0) is 17.2. The molecule has 1 N–H and O–H groups in total. The summed E-state index contributed by atoms with van der Waals surface area (Å²) >= 11 is 1.46. The normalized spacial score (nSPS) is 10.6. The fourth-order valence-corrected chi connectivity index (χ4v) is 2.87. The Balaban J connectivity index is 1.78. The summed E-state index contributed by atoms with van der Waals surface area (Å²) in [6.07, 6.45) is 3.03. The van der Waals surface area contributed by atoms with Gasteiger partial charge in [-0.3, -0.25) is 4.79 Å². The molecule has 0 bridgehead atoms. The number of unbranched alkanes of at least 4 members (excludes halogenated alkanes) is 1. The molecular weight excluding hydrogens is 324 g/mol. The van der Waals surface area contributed by atoms with Gasteiger partial charge in [-0.1, -0.05) is 13.3 Å². The van der Waals surface area contributed by atoms with E-state index in [1.54, 1.807) is 12.5 Å². The minimum atomic E-state index is -0.139. The molecule has 130 valence electrons. The Morgan fingerprint density at radius 2 is 1.96 bits per heavy atom. The quantitative estimate of drug-likeness (QED) is 0.664. The number of thiazole rings is 1. The molecule has 0 aliphatic rings. The second-order valence-electron chi connectivity index (χ2n) is 5.34. The molecule has 0 aliphatic heterocycles. The van der Waals surface area contributed by atoms with Crippen LogP contribution in [0.1, 0.15) is 36.7 Å². The average Bonchev–Trinajstić information content (AvgIpc) is 3.11. The Bertz CT molecular complexity index is 625. The fraction of sp³-hybridized carbons (Fsp3) is 0.444. The van der Waals surface area contributed by atoms with Crippen molar-refractivity contribution in [1.82, 2.24) is 10.3 Å². The van der Waals surface area contributed by atoms with Gasteiger partial charge in [0.05, 0.1) is 7.11 Å². The van der Waals surface area contributed by atoms with Gasteiger partial charge in [0, 0.05) is 30.7 Å². The van der Waals surface area contributed by atoms with Gasteiger partial charge in [-0.25, -0.2) is 4.98 Å². The van der Waals surface area contributed by atoms with Gasteiger partial charge in [0.25, 0.3) is 5.91 Å². The average molecular weight is 348 g/mol. The van der Waals surface area contributed by atoms with Crippen LogP contribution in [0.3, 0.4) is 0 Å². The van der Waals surface area contributed by atoms with E-state index in [1.807, 2.05) is 24.3 Å². The lowest BCUT2D eigenvalue weighted by Gasteiger charge is -2.04. The summed E-state index contributed by atoms with van der Waals surface area (Å²) in [5, 5.41) is 5.49. The third-order valence-corrected chi connectivity index (χ3v) is 4.36. The Morgan fingerprint density at radius 3 is 2.67 bits per heavy atom. The number of amides is 1. The van der Waals surface area contributed by atoms with Crippen LogP contribution >= 0.6 is 11.3 Å². The lowest BCUT2D eigenvalue weighted by molar-refractivity contribution is 0.0936. The van der Waals surface area contributed by atoms with Crippen molar-refractivity contribution in [2.75, 3.05) is 26.9 Å². The van der Waals surface area contributed by atoms with Crippen LogP contribution in [0.2, 0.25) is 0 Å². The minimum absolute atomic E-state index is 0.139. The lowest BCUT2D eigenvalue weighted by atomic mass is 10.2. The molecule has 0 unspecified atom stereocenters. The fourth-order valence-electron chi connectivity index (χ4n) is 2.06. The van der Waals surface area contributed by atoms with Crippen molar-refractivity contribution >= 4 is 17.2 Å². The van der Waals surface area contributed by atoms with Gasteiger partial charge in [0.1, 0.15) is 16.5 Å². The maximum absolute atomic E-state index is 12.1. The van der Waals surface area contributed by atoms with Crippen molar-refractivity contribution in [3.63, 3.8) is 0 Å². The highest BCUT2D eigenvalue weighted by Gasteiger charge is 2.11. The molecule has 1 amide bonds. The molecule has 0 saturated carbocycles. The van der Waals surface area contributed by atoms with Crippen molar-refractivity contribution in [1.29, 1.82) is 0 Å². The molecule has 1 aromatic heterocycles. The molecule has 0 saturated heterocycles. The van der Waals surface area contributed by atoms with E-state index in [-0.39, 0.29) is 5.91 Å². The largest absolute Gasteiger partial charge is 0.497 e. The summed E-state index contributed by atoms with van der Waals surface area (Å²) in [4.78, 5) is 16.5. The molecule has 0 aliphatic carbocycles. The second kappa shape index (κ2) is 10.1. The Hall–Kier alpha value is -1.92. The van der Waals surface area contributed by atoms with Crippen LogP contribution in [-0.4, -0.2) is 37.8 Å². The monoisotopic (exact) mass is 348 g/mol. The standard InChI is InChI=1S/C18H24N2O3S/c1-3-4-11-23-12-5-10-19-17(21)16-13-24-18(20-16)14-6-8-15(22-2)9-7-14/h6-9,13H,3-5,10-12H2,1-2H3,(H,19,21). The molecule has 5 nitrogen and oxygen atoms in total. The topological polar surface area (TPSA) is 60.5 Å². The number of aromatic nitrogens is 1. The van der Waals surface area contributed by atoms with Gasteiger partial charge >= 0.3 is 0 Å². The van der Waals surface area contributed by atoms with Crippen LogP contribution in [0.25, 0.3) is 10.6 Å². The van der Waals surface area contributed by atoms with Crippen LogP contribution in [0.15, 0.2) is 29.6 Å². The number of rotatable bonds is 10. The minimum Gasteiger partial charge on any atom is -0.497 e. The first-order valence-electron chi connectivity index (χ1n) is 8.20. The zero-order valence-electron chi connectivity index (χ0n) is 14.2. The van der Waals surface area contributed by atoms with E-state index in [4.69, 9.17) is 9.47 Å². The maximum Gasteiger partial charge on any atom is 0.270 e. The summed E-state index contributed by atoms with van der Waals surface area (Å²) in [6, 6.07) is 7.64. The van der Waals surface area contributed by atoms with Gasteiger partial charge in [0.15, 0.2) is 0 Å². The lowest BCUT2D eigenvalue weighted by Crippen LogP contribution is -2.25. The summed E-state index contributed by atoms with van der Waals surface area (Å²) < 4.78 is 10.6. The van der Waals surface area contributed by atoms with E-state index in [9.17, 15) is 4.79 Å². The third kappa shape index (κ3) is 5.62. The summed E-state index contributed by atoms with van der Waals surface area (Å²) in [5.74, 6) is 0.661. The van der Waals surface area contributed by atoms with Crippen molar-refractivity contribution in [2.24, 2.45) is 0 Å². The van der Waals surface area contributed by atoms with Crippen LogP contribution in [-0.2, 0) is 4.74 Å². The van der Waals surface area contributed by atoms with Crippen molar-refractivity contribution < 1.29 is 14.3 Å². The third-order valence-electron chi connectivity index (χ3n) is 3.47. The van der Waals surface area contributed by atoms with Gasteiger partial charge in [-0.2, -0.15) is 0 Å². The van der Waals surface area contributed by atoms with Crippen LogP contribution in [0.5, 0.6) is 5.75 Å². The molecule has 1 aromatic carbocycles. The van der Waals surface area contributed by atoms with E-state index in [0.717, 1.165) is 42.2 Å². The highest BCUT2D eigenvalue weighted by molar-refractivity contribution is 7.13. The molecule has 2 rings (SSSR count). The summed E-state index contributed by atoms with van der Waals surface area (Å²) in [6.45, 7) is 4.20. The highest BCUT2D eigenvalue weighted by Crippen LogP contribution is 2.25. The highest BCUT2D eigenvalue weighted by atomic mass is 32.1.